The van der Waals surface area contributed by atoms with Crippen molar-refractivity contribution in [3.05, 3.63) is 22.7 Å². The van der Waals surface area contributed by atoms with E-state index >= 15 is 0 Å². The molecule has 1 aromatic carbocycles. The van der Waals surface area contributed by atoms with Crippen LogP contribution in [0, 0.1) is 0 Å². The average Bonchev–Trinajstić information content (AvgIpc) is 2.34. The molecule has 17 heavy (non-hydrogen) atoms. The number of hydrogen-bond acceptors (Lipinski definition) is 3. The van der Waals surface area contributed by atoms with Crippen molar-refractivity contribution in [2.75, 3.05) is 43.4 Å². The number of nitrogen functional groups attached to an aromatic ring is 1. The van der Waals surface area contributed by atoms with Gasteiger partial charge < -0.3 is 10.6 Å². The highest BCUT2D eigenvalue weighted by Crippen LogP contribution is 2.27. The number of piperazine rings is 1. The molecule has 94 valence electrons. The molecule has 2 rings (SSSR count). The van der Waals surface area contributed by atoms with Gasteiger partial charge in [0, 0.05) is 30.7 Å². The molecule has 1 heterocycles. The Labute approximate surface area is 112 Å². The zero-order valence-electron chi connectivity index (χ0n) is 10.3. The van der Waals surface area contributed by atoms with Gasteiger partial charge in [0.05, 0.1) is 11.4 Å². The number of nitrogens with zero attached hydrogens (tertiary/aromatic N) is 2. The molecule has 1 aliphatic rings. The summed E-state index contributed by atoms with van der Waals surface area (Å²) < 4.78 is 1.10. The molecule has 0 amide bonds. The van der Waals surface area contributed by atoms with Crippen LogP contribution in [-0.2, 0) is 0 Å². The summed E-state index contributed by atoms with van der Waals surface area (Å²) in [6.45, 7) is 7.86. The summed E-state index contributed by atoms with van der Waals surface area (Å²) in [5, 5.41) is 0. The third-order valence-electron chi connectivity index (χ3n) is 3.25. The largest absolute Gasteiger partial charge is 0.397 e. The molecule has 1 saturated heterocycles. The lowest BCUT2D eigenvalue weighted by Gasteiger charge is -2.36. The van der Waals surface area contributed by atoms with Crippen LogP contribution < -0.4 is 10.6 Å². The molecule has 0 aliphatic carbocycles. The molecule has 4 heteroatoms. The van der Waals surface area contributed by atoms with E-state index in [1.807, 2.05) is 12.1 Å². The standard InChI is InChI=1S/C13H20BrN3/c1-2-5-16-6-8-17(9-7-16)13-10-11(14)3-4-12(13)15/h3-4,10H,2,5-9,15H2,1H3. The Hall–Kier alpha value is -0.740. The first-order valence-corrected chi connectivity index (χ1v) is 7.02. The van der Waals surface area contributed by atoms with Gasteiger partial charge in [-0.2, -0.15) is 0 Å². The van der Waals surface area contributed by atoms with Gasteiger partial charge in [-0.15, -0.1) is 0 Å². The summed E-state index contributed by atoms with van der Waals surface area (Å²) in [5.41, 5.74) is 8.07. The molecule has 1 aromatic rings. The fraction of sp³-hybridized carbons (Fsp3) is 0.538. The number of anilines is 2. The maximum atomic E-state index is 6.04. The molecule has 0 atom stereocenters. The number of benzene rings is 1. The quantitative estimate of drug-likeness (QED) is 0.871. The molecule has 0 saturated carbocycles. The van der Waals surface area contributed by atoms with E-state index < -0.39 is 0 Å². The van der Waals surface area contributed by atoms with Crippen LogP contribution in [0.25, 0.3) is 0 Å². The summed E-state index contributed by atoms with van der Waals surface area (Å²) in [4.78, 5) is 4.90. The van der Waals surface area contributed by atoms with Gasteiger partial charge in [-0.25, -0.2) is 0 Å². The monoisotopic (exact) mass is 297 g/mol. The van der Waals surface area contributed by atoms with Gasteiger partial charge in [0.15, 0.2) is 0 Å². The van der Waals surface area contributed by atoms with Gasteiger partial charge in [-0.3, -0.25) is 4.90 Å². The van der Waals surface area contributed by atoms with Crippen LogP contribution in [0.4, 0.5) is 11.4 Å². The van der Waals surface area contributed by atoms with Gasteiger partial charge in [-0.05, 0) is 31.2 Å². The van der Waals surface area contributed by atoms with Crippen molar-refractivity contribution >= 4 is 27.3 Å². The summed E-state index contributed by atoms with van der Waals surface area (Å²) in [5.74, 6) is 0. The van der Waals surface area contributed by atoms with Gasteiger partial charge in [0.1, 0.15) is 0 Å². The second-order valence-corrected chi connectivity index (χ2v) is 5.45. The first-order chi connectivity index (χ1) is 8.20. The first kappa shape index (κ1) is 12.7. The molecule has 0 bridgehead atoms. The lowest BCUT2D eigenvalue weighted by molar-refractivity contribution is 0.258. The molecule has 0 aromatic heterocycles. The van der Waals surface area contributed by atoms with E-state index in [2.05, 4.69) is 38.7 Å². The second kappa shape index (κ2) is 5.74. The summed E-state index contributed by atoms with van der Waals surface area (Å²) in [6.07, 6.45) is 1.24. The van der Waals surface area contributed by atoms with Crippen LogP contribution in [0.1, 0.15) is 13.3 Å². The minimum Gasteiger partial charge on any atom is -0.397 e. The van der Waals surface area contributed by atoms with E-state index in [1.54, 1.807) is 0 Å². The fourth-order valence-electron chi connectivity index (χ4n) is 2.32. The number of halogens is 1. The molecule has 1 aliphatic heterocycles. The highest BCUT2D eigenvalue weighted by molar-refractivity contribution is 9.10. The maximum absolute atomic E-state index is 6.04. The van der Waals surface area contributed by atoms with Crippen molar-refractivity contribution in [3.8, 4) is 0 Å². The highest BCUT2D eigenvalue weighted by Gasteiger charge is 2.17. The topological polar surface area (TPSA) is 32.5 Å². The lowest BCUT2D eigenvalue weighted by atomic mass is 10.2. The Morgan fingerprint density at radius 3 is 2.59 bits per heavy atom. The molecule has 0 unspecified atom stereocenters. The number of rotatable bonds is 3. The van der Waals surface area contributed by atoms with Crippen LogP contribution in [-0.4, -0.2) is 37.6 Å². The minimum absolute atomic E-state index is 0.872. The van der Waals surface area contributed by atoms with Crippen molar-refractivity contribution < 1.29 is 0 Å². The van der Waals surface area contributed by atoms with Crippen molar-refractivity contribution in [2.45, 2.75) is 13.3 Å². The van der Waals surface area contributed by atoms with Crippen LogP contribution in [0.15, 0.2) is 22.7 Å². The normalized spacial score (nSPS) is 17.4. The smallest absolute Gasteiger partial charge is 0.0612 e. The lowest BCUT2D eigenvalue weighted by Crippen LogP contribution is -2.46. The Balaban J connectivity index is 2.02. The van der Waals surface area contributed by atoms with Crippen LogP contribution in [0.3, 0.4) is 0 Å². The predicted molar refractivity (Wildman–Crippen MR) is 77.5 cm³/mol. The second-order valence-electron chi connectivity index (χ2n) is 4.53. The van der Waals surface area contributed by atoms with Gasteiger partial charge in [-0.1, -0.05) is 22.9 Å². The number of nitrogens with two attached hydrogens (primary N) is 1. The van der Waals surface area contributed by atoms with Crippen molar-refractivity contribution in [1.82, 2.24) is 4.90 Å². The third-order valence-corrected chi connectivity index (χ3v) is 3.74. The maximum Gasteiger partial charge on any atom is 0.0612 e. The van der Waals surface area contributed by atoms with Crippen LogP contribution >= 0.6 is 15.9 Å². The van der Waals surface area contributed by atoms with E-state index in [1.165, 1.54) is 13.0 Å². The van der Waals surface area contributed by atoms with Crippen molar-refractivity contribution in [2.24, 2.45) is 0 Å². The molecule has 0 radical (unpaired) electrons. The molecule has 0 spiro atoms. The SMILES string of the molecule is CCCN1CCN(c2cc(Br)ccc2N)CC1. The Morgan fingerprint density at radius 1 is 1.24 bits per heavy atom. The molecule has 1 fully saturated rings. The third kappa shape index (κ3) is 3.13. The highest BCUT2D eigenvalue weighted by atomic mass is 79.9. The van der Waals surface area contributed by atoms with Gasteiger partial charge in [0.25, 0.3) is 0 Å². The molecular formula is C13H20BrN3. The molecular weight excluding hydrogens is 278 g/mol. The van der Waals surface area contributed by atoms with Gasteiger partial charge in [0.2, 0.25) is 0 Å². The Morgan fingerprint density at radius 2 is 1.94 bits per heavy atom. The van der Waals surface area contributed by atoms with E-state index in [9.17, 15) is 0 Å². The first-order valence-electron chi connectivity index (χ1n) is 6.23. The van der Waals surface area contributed by atoms with Gasteiger partial charge >= 0.3 is 0 Å². The fourth-order valence-corrected chi connectivity index (χ4v) is 2.67. The number of hydrogen-bond donors (Lipinski definition) is 1. The molecule has 2 N–H and O–H groups in total. The van der Waals surface area contributed by atoms with Crippen molar-refractivity contribution in [3.63, 3.8) is 0 Å². The zero-order chi connectivity index (χ0) is 12.3. The predicted octanol–water partition coefficient (Wildman–Crippen LogP) is 2.56. The van der Waals surface area contributed by atoms with Crippen LogP contribution in [0.2, 0.25) is 0 Å². The Kier molecular flexibility index (Phi) is 4.29. The van der Waals surface area contributed by atoms with Crippen LogP contribution in [0.5, 0.6) is 0 Å². The van der Waals surface area contributed by atoms with E-state index in [4.69, 9.17) is 5.73 Å². The summed E-state index contributed by atoms with van der Waals surface area (Å²) in [7, 11) is 0. The summed E-state index contributed by atoms with van der Waals surface area (Å²) in [6, 6.07) is 6.08. The van der Waals surface area contributed by atoms with E-state index in [-0.39, 0.29) is 0 Å². The summed E-state index contributed by atoms with van der Waals surface area (Å²) >= 11 is 3.51. The average molecular weight is 298 g/mol. The van der Waals surface area contributed by atoms with Crippen molar-refractivity contribution in [1.29, 1.82) is 0 Å². The Bertz CT molecular complexity index is 373. The van der Waals surface area contributed by atoms with E-state index in [0.717, 1.165) is 42.0 Å². The molecule has 3 nitrogen and oxygen atoms in total. The minimum atomic E-state index is 0.872. The zero-order valence-corrected chi connectivity index (χ0v) is 11.9. The van der Waals surface area contributed by atoms with E-state index in [0.29, 0.717) is 0 Å².